The van der Waals surface area contributed by atoms with Crippen molar-refractivity contribution < 1.29 is 23.1 Å². The standard InChI is InChI=1S/C8H14F3NO2/c1-5(2)7(14)12-6(3-4-13)8(9,10)11/h5-6,13H,3-4H2,1-2H3,(H,12,14). The molecule has 2 N–H and O–H groups in total. The Morgan fingerprint density at radius 1 is 1.43 bits per heavy atom. The predicted octanol–water partition coefficient (Wildman–Crippen LogP) is 1.07. The molecule has 6 heteroatoms. The van der Waals surface area contributed by atoms with Crippen molar-refractivity contribution in [1.82, 2.24) is 5.32 Å². The van der Waals surface area contributed by atoms with Crippen molar-refractivity contribution >= 4 is 5.91 Å². The summed E-state index contributed by atoms with van der Waals surface area (Å²) >= 11 is 0. The third-order valence-electron chi connectivity index (χ3n) is 1.65. The van der Waals surface area contributed by atoms with Crippen LogP contribution in [0.25, 0.3) is 0 Å². The monoisotopic (exact) mass is 213 g/mol. The molecule has 3 nitrogen and oxygen atoms in total. The van der Waals surface area contributed by atoms with Crippen LogP contribution in [0.2, 0.25) is 0 Å². The fourth-order valence-corrected chi connectivity index (χ4v) is 0.785. The summed E-state index contributed by atoms with van der Waals surface area (Å²) in [4.78, 5) is 11.0. The lowest BCUT2D eigenvalue weighted by atomic mass is 10.1. The van der Waals surface area contributed by atoms with Crippen molar-refractivity contribution in [2.75, 3.05) is 6.61 Å². The summed E-state index contributed by atoms with van der Waals surface area (Å²) in [6.07, 6.45) is -5.02. The Labute approximate surface area is 80.3 Å². The molecule has 0 aliphatic heterocycles. The van der Waals surface area contributed by atoms with E-state index >= 15 is 0 Å². The summed E-state index contributed by atoms with van der Waals surface area (Å²) in [6.45, 7) is 2.39. The maximum Gasteiger partial charge on any atom is 0.408 e. The van der Waals surface area contributed by atoms with E-state index in [9.17, 15) is 18.0 Å². The van der Waals surface area contributed by atoms with Crippen LogP contribution in [-0.4, -0.2) is 29.8 Å². The van der Waals surface area contributed by atoms with Gasteiger partial charge in [-0.25, -0.2) is 0 Å². The van der Waals surface area contributed by atoms with E-state index in [1.165, 1.54) is 13.8 Å². The second-order valence-corrected chi connectivity index (χ2v) is 3.27. The van der Waals surface area contributed by atoms with Gasteiger partial charge in [-0.2, -0.15) is 13.2 Å². The molecular formula is C8H14F3NO2. The molecule has 0 aromatic carbocycles. The maximum absolute atomic E-state index is 12.2. The van der Waals surface area contributed by atoms with Gasteiger partial charge < -0.3 is 10.4 Å². The van der Waals surface area contributed by atoms with Crippen LogP contribution in [-0.2, 0) is 4.79 Å². The summed E-state index contributed by atoms with van der Waals surface area (Å²) in [7, 11) is 0. The van der Waals surface area contributed by atoms with Crippen molar-refractivity contribution in [1.29, 1.82) is 0 Å². The van der Waals surface area contributed by atoms with E-state index in [1.54, 1.807) is 0 Å². The van der Waals surface area contributed by atoms with E-state index in [2.05, 4.69) is 0 Å². The zero-order valence-corrected chi connectivity index (χ0v) is 8.06. The fraction of sp³-hybridized carbons (Fsp3) is 0.875. The molecule has 1 amide bonds. The summed E-state index contributed by atoms with van der Waals surface area (Å²) < 4.78 is 36.6. The molecule has 1 unspecified atom stereocenters. The van der Waals surface area contributed by atoms with E-state index in [0.29, 0.717) is 0 Å². The van der Waals surface area contributed by atoms with E-state index in [4.69, 9.17) is 5.11 Å². The first-order chi connectivity index (χ1) is 6.29. The Kier molecular flexibility index (Phi) is 4.90. The minimum Gasteiger partial charge on any atom is -0.396 e. The van der Waals surface area contributed by atoms with E-state index in [0.717, 1.165) is 0 Å². The van der Waals surface area contributed by atoms with Gasteiger partial charge in [0.15, 0.2) is 0 Å². The van der Waals surface area contributed by atoms with Gasteiger partial charge in [0.25, 0.3) is 0 Å². The second kappa shape index (κ2) is 5.19. The lowest BCUT2D eigenvalue weighted by molar-refractivity contribution is -0.165. The quantitative estimate of drug-likeness (QED) is 0.734. The predicted molar refractivity (Wildman–Crippen MR) is 44.5 cm³/mol. The molecule has 0 radical (unpaired) electrons. The molecule has 0 aliphatic carbocycles. The summed E-state index contributed by atoms with van der Waals surface area (Å²) in [6, 6.07) is -1.96. The van der Waals surface area contributed by atoms with E-state index in [-0.39, 0.29) is 0 Å². The summed E-state index contributed by atoms with van der Waals surface area (Å²) in [5.74, 6) is -1.17. The van der Waals surface area contributed by atoms with Crippen LogP contribution in [0.3, 0.4) is 0 Å². The van der Waals surface area contributed by atoms with Crippen LogP contribution in [0.4, 0.5) is 13.2 Å². The normalized spacial score (nSPS) is 14.2. The van der Waals surface area contributed by atoms with E-state index < -0.39 is 37.1 Å². The van der Waals surface area contributed by atoms with Gasteiger partial charge in [0.2, 0.25) is 5.91 Å². The molecule has 0 aromatic heterocycles. The van der Waals surface area contributed by atoms with Gasteiger partial charge in [0.1, 0.15) is 6.04 Å². The van der Waals surface area contributed by atoms with Gasteiger partial charge in [-0.3, -0.25) is 4.79 Å². The Morgan fingerprint density at radius 3 is 2.21 bits per heavy atom. The largest absolute Gasteiger partial charge is 0.408 e. The highest BCUT2D eigenvalue weighted by Gasteiger charge is 2.40. The number of carbonyl (C=O) groups is 1. The first-order valence-corrected chi connectivity index (χ1v) is 4.27. The Hall–Kier alpha value is -0.780. The zero-order chi connectivity index (χ0) is 11.4. The average Bonchev–Trinajstić information content (AvgIpc) is 2.01. The Morgan fingerprint density at radius 2 is 1.93 bits per heavy atom. The van der Waals surface area contributed by atoms with Crippen molar-refractivity contribution in [3.63, 3.8) is 0 Å². The van der Waals surface area contributed by atoms with Crippen LogP contribution in [0.5, 0.6) is 0 Å². The highest BCUT2D eigenvalue weighted by atomic mass is 19.4. The Bertz CT molecular complexity index is 192. The van der Waals surface area contributed by atoms with E-state index in [1.807, 2.05) is 5.32 Å². The van der Waals surface area contributed by atoms with Gasteiger partial charge >= 0.3 is 6.18 Å². The number of aliphatic hydroxyl groups is 1. The van der Waals surface area contributed by atoms with Gasteiger partial charge in [0.05, 0.1) is 0 Å². The molecule has 0 rings (SSSR count). The molecule has 0 fully saturated rings. The van der Waals surface area contributed by atoms with Crippen LogP contribution < -0.4 is 5.32 Å². The molecule has 0 saturated heterocycles. The fourth-order valence-electron chi connectivity index (χ4n) is 0.785. The SMILES string of the molecule is CC(C)C(=O)NC(CCO)C(F)(F)F. The minimum atomic E-state index is -4.51. The first kappa shape index (κ1) is 13.2. The van der Waals surface area contributed by atoms with Crippen molar-refractivity contribution in [3.05, 3.63) is 0 Å². The minimum absolute atomic E-state index is 0.501. The topological polar surface area (TPSA) is 49.3 Å². The molecule has 0 saturated carbocycles. The first-order valence-electron chi connectivity index (χ1n) is 4.27. The number of halogens is 3. The number of aliphatic hydroxyl groups excluding tert-OH is 1. The Balaban J connectivity index is 4.31. The molecule has 14 heavy (non-hydrogen) atoms. The zero-order valence-electron chi connectivity index (χ0n) is 8.06. The number of hydrogen-bond donors (Lipinski definition) is 2. The molecule has 0 heterocycles. The van der Waals surface area contributed by atoms with Crippen LogP contribution >= 0.6 is 0 Å². The number of rotatable bonds is 4. The molecular weight excluding hydrogens is 199 g/mol. The smallest absolute Gasteiger partial charge is 0.396 e. The van der Waals surface area contributed by atoms with Gasteiger partial charge in [-0.1, -0.05) is 13.8 Å². The average molecular weight is 213 g/mol. The lowest BCUT2D eigenvalue weighted by Crippen LogP contribution is -2.47. The molecule has 0 aromatic rings. The highest BCUT2D eigenvalue weighted by molar-refractivity contribution is 5.78. The summed E-state index contributed by atoms with van der Waals surface area (Å²) in [5.41, 5.74) is 0. The second-order valence-electron chi connectivity index (χ2n) is 3.27. The van der Waals surface area contributed by atoms with Gasteiger partial charge in [0, 0.05) is 12.5 Å². The van der Waals surface area contributed by atoms with Crippen LogP contribution in [0, 0.1) is 5.92 Å². The van der Waals surface area contributed by atoms with Crippen molar-refractivity contribution in [2.24, 2.45) is 5.92 Å². The molecule has 0 aliphatic rings. The number of amides is 1. The number of alkyl halides is 3. The highest BCUT2D eigenvalue weighted by Crippen LogP contribution is 2.22. The maximum atomic E-state index is 12.2. The van der Waals surface area contributed by atoms with Crippen LogP contribution in [0.15, 0.2) is 0 Å². The number of hydrogen-bond acceptors (Lipinski definition) is 2. The van der Waals surface area contributed by atoms with Gasteiger partial charge in [-0.15, -0.1) is 0 Å². The molecule has 84 valence electrons. The number of carbonyl (C=O) groups excluding carboxylic acids is 1. The lowest BCUT2D eigenvalue weighted by Gasteiger charge is -2.21. The third kappa shape index (κ3) is 4.45. The van der Waals surface area contributed by atoms with Crippen LogP contribution in [0.1, 0.15) is 20.3 Å². The third-order valence-corrected chi connectivity index (χ3v) is 1.65. The van der Waals surface area contributed by atoms with Gasteiger partial charge in [-0.05, 0) is 6.42 Å². The summed E-state index contributed by atoms with van der Waals surface area (Å²) in [5, 5.41) is 10.2. The molecule has 1 atom stereocenters. The molecule has 0 spiro atoms. The van der Waals surface area contributed by atoms with Crippen molar-refractivity contribution in [3.8, 4) is 0 Å². The van der Waals surface area contributed by atoms with Crippen molar-refractivity contribution in [2.45, 2.75) is 32.5 Å². The molecule has 0 bridgehead atoms. The number of nitrogens with one attached hydrogen (secondary N) is 1.